The molecule has 0 aliphatic heterocycles. The van der Waals surface area contributed by atoms with Crippen LogP contribution in [0.2, 0.25) is 0 Å². The van der Waals surface area contributed by atoms with Crippen molar-refractivity contribution in [3.8, 4) is 0 Å². The molecule has 0 radical (unpaired) electrons. The predicted octanol–water partition coefficient (Wildman–Crippen LogP) is 1.82. The monoisotopic (exact) mass is 130 g/mol. The van der Waals surface area contributed by atoms with E-state index in [-0.39, 0.29) is 5.16 Å². The first-order valence-corrected chi connectivity index (χ1v) is 2.41. The average molecular weight is 131 g/mol. The second-order valence-electron chi connectivity index (χ2n) is 1.19. The predicted molar refractivity (Wildman–Crippen MR) is 37.7 cm³/mol. The molecule has 0 unspecified atom stereocenters. The molecule has 0 rings (SSSR count). The van der Waals surface area contributed by atoms with Crippen molar-refractivity contribution in [2.75, 3.05) is 0 Å². The first-order chi connectivity index (χ1) is 3.66. The van der Waals surface area contributed by atoms with Crippen molar-refractivity contribution in [3.63, 3.8) is 0 Å². The summed E-state index contributed by atoms with van der Waals surface area (Å²) >= 11 is 5.28. The van der Waals surface area contributed by atoms with Gasteiger partial charge in [0, 0.05) is 0 Å². The van der Waals surface area contributed by atoms with E-state index < -0.39 is 0 Å². The van der Waals surface area contributed by atoms with Gasteiger partial charge in [-0.2, -0.15) is 0 Å². The summed E-state index contributed by atoms with van der Waals surface area (Å²) in [5.74, 6) is 0.532. The second kappa shape index (κ2) is 3.38. The Bertz CT molecular complexity index is 137. The number of hydrogen-bond acceptors (Lipinski definition) is 1. The number of halogens is 1. The Morgan fingerprint density at radius 3 is 2.25 bits per heavy atom. The Labute approximate surface area is 53.6 Å². The van der Waals surface area contributed by atoms with E-state index in [4.69, 9.17) is 11.6 Å². The smallest absolute Gasteiger partial charge is 0.126 e. The molecule has 0 atom stereocenters. The summed E-state index contributed by atoms with van der Waals surface area (Å²) in [6.07, 6.45) is 0. The molecule has 44 valence electrons. The molecule has 0 amide bonds. The fourth-order valence-electron chi connectivity index (χ4n) is 0.211. The van der Waals surface area contributed by atoms with Gasteiger partial charge < -0.3 is 0 Å². The minimum absolute atomic E-state index is 0.231. The standard InChI is InChI=1S/C5H7ClN2/c1-4(6)8-5(2)7-3/h1,3H2,2H3/b8-5-. The Hall–Kier alpha value is -0.630. The topological polar surface area (TPSA) is 24.7 Å². The summed E-state index contributed by atoms with van der Waals surface area (Å²) < 4.78 is 0. The highest BCUT2D eigenvalue weighted by Crippen LogP contribution is 1.97. The molecule has 0 aromatic rings. The molecule has 0 saturated carbocycles. The SMILES string of the molecule is C=N/C(C)=N\C(=C)Cl. The Kier molecular flexibility index (Phi) is 3.12. The fraction of sp³-hybridized carbons (Fsp3) is 0.200. The van der Waals surface area contributed by atoms with E-state index in [1.54, 1.807) is 6.92 Å². The molecule has 0 spiro atoms. The highest BCUT2D eigenvalue weighted by molar-refractivity contribution is 6.29. The minimum Gasteiger partial charge on any atom is -0.249 e. The van der Waals surface area contributed by atoms with Crippen molar-refractivity contribution in [2.24, 2.45) is 9.98 Å². The van der Waals surface area contributed by atoms with Crippen LogP contribution in [0.1, 0.15) is 6.92 Å². The molecular formula is C5H7ClN2. The van der Waals surface area contributed by atoms with Crippen molar-refractivity contribution in [3.05, 3.63) is 11.7 Å². The van der Waals surface area contributed by atoms with E-state index in [9.17, 15) is 0 Å². The van der Waals surface area contributed by atoms with Crippen molar-refractivity contribution in [1.29, 1.82) is 0 Å². The van der Waals surface area contributed by atoms with Crippen LogP contribution in [0.3, 0.4) is 0 Å². The van der Waals surface area contributed by atoms with Crippen molar-refractivity contribution in [2.45, 2.75) is 6.92 Å². The van der Waals surface area contributed by atoms with E-state index in [1.165, 1.54) is 0 Å². The molecule has 0 bridgehead atoms. The highest BCUT2D eigenvalue weighted by Gasteiger charge is 1.81. The van der Waals surface area contributed by atoms with E-state index in [1.807, 2.05) is 0 Å². The normalized spacial score (nSPS) is 11.0. The number of hydrogen-bond donors (Lipinski definition) is 0. The number of nitrogens with zero attached hydrogens (tertiary/aromatic N) is 2. The van der Waals surface area contributed by atoms with Gasteiger partial charge in [0.2, 0.25) is 0 Å². The summed E-state index contributed by atoms with van der Waals surface area (Å²) in [6, 6.07) is 0. The third kappa shape index (κ3) is 3.56. The van der Waals surface area contributed by atoms with E-state index >= 15 is 0 Å². The van der Waals surface area contributed by atoms with Crippen molar-refractivity contribution in [1.82, 2.24) is 0 Å². The summed E-state index contributed by atoms with van der Waals surface area (Å²) in [5.41, 5.74) is 0. The van der Waals surface area contributed by atoms with Crippen molar-refractivity contribution >= 4 is 24.2 Å². The second-order valence-corrected chi connectivity index (χ2v) is 1.63. The van der Waals surface area contributed by atoms with Crippen LogP contribution < -0.4 is 0 Å². The Morgan fingerprint density at radius 1 is 1.62 bits per heavy atom. The highest BCUT2D eigenvalue weighted by atomic mass is 35.5. The number of rotatable bonds is 1. The molecule has 3 heteroatoms. The molecule has 2 nitrogen and oxygen atoms in total. The molecule has 0 aromatic carbocycles. The van der Waals surface area contributed by atoms with Gasteiger partial charge in [-0.05, 0) is 13.6 Å². The van der Waals surface area contributed by atoms with E-state index in [0.29, 0.717) is 5.84 Å². The maximum Gasteiger partial charge on any atom is 0.126 e. The Morgan fingerprint density at radius 2 is 2.12 bits per heavy atom. The molecule has 8 heavy (non-hydrogen) atoms. The van der Waals surface area contributed by atoms with Gasteiger partial charge in [-0.1, -0.05) is 18.2 Å². The molecule has 0 saturated heterocycles. The lowest BCUT2D eigenvalue weighted by atomic mass is 10.7. The molecule has 0 heterocycles. The maximum atomic E-state index is 5.28. The first-order valence-electron chi connectivity index (χ1n) is 2.03. The van der Waals surface area contributed by atoms with Gasteiger partial charge in [0.15, 0.2) is 0 Å². The molecule has 0 aliphatic rings. The lowest BCUT2D eigenvalue weighted by Crippen LogP contribution is -1.80. The zero-order chi connectivity index (χ0) is 6.57. The third-order valence-corrected chi connectivity index (χ3v) is 0.596. The molecule has 0 fully saturated rings. The van der Waals surface area contributed by atoms with Gasteiger partial charge in [-0.25, -0.2) is 9.98 Å². The fourth-order valence-corrected chi connectivity index (χ4v) is 0.333. The van der Waals surface area contributed by atoms with Crippen LogP contribution in [0, 0.1) is 0 Å². The molecule has 0 aromatic heterocycles. The molecular weight excluding hydrogens is 124 g/mol. The third-order valence-electron chi connectivity index (χ3n) is 0.512. The lowest BCUT2D eigenvalue weighted by molar-refractivity contribution is 1.45. The van der Waals surface area contributed by atoms with Crippen LogP contribution in [0.25, 0.3) is 0 Å². The Balaban J connectivity index is 3.94. The van der Waals surface area contributed by atoms with Gasteiger partial charge in [0.25, 0.3) is 0 Å². The first kappa shape index (κ1) is 7.37. The average Bonchev–Trinajstić information content (AvgIpc) is 1.65. The van der Waals surface area contributed by atoms with Gasteiger partial charge in [0.1, 0.15) is 11.0 Å². The minimum atomic E-state index is 0.231. The van der Waals surface area contributed by atoms with Crippen LogP contribution in [0.4, 0.5) is 0 Å². The number of amidine groups is 1. The number of aliphatic imine (C=N–C) groups is 2. The van der Waals surface area contributed by atoms with Gasteiger partial charge in [-0.15, -0.1) is 0 Å². The van der Waals surface area contributed by atoms with E-state index in [2.05, 4.69) is 23.3 Å². The molecule has 0 N–H and O–H groups in total. The summed E-state index contributed by atoms with van der Waals surface area (Å²) in [5, 5.41) is 0.231. The zero-order valence-electron chi connectivity index (χ0n) is 4.69. The van der Waals surface area contributed by atoms with Gasteiger partial charge in [-0.3, -0.25) is 0 Å². The van der Waals surface area contributed by atoms with Crippen LogP contribution in [-0.4, -0.2) is 12.6 Å². The van der Waals surface area contributed by atoms with Crippen molar-refractivity contribution < 1.29 is 0 Å². The van der Waals surface area contributed by atoms with Crippen LogP contribution >= 0.6 is 11.6 Å². The largest absolute Gasteiger partial charge is 0.249 e. The van der Waals surface area contributed by atoms with Crippen LogP contribution in [0.15, 0.2) is 21.7 Å². The quantitative estimate of drug-likeness (QED) is 0.294. The lowest BCUT2D eigenvalue weighted by Gasteiger charge is -1.85. The summed E-state index contributed by atoms with van der Waals surface area (Å²) in [7, 11) is 0. The van der Waals surface area contributed by atoms with Crippen LogP contribution in [0.5, 0.6) is 0 Å². The summed E-state index contributed by atoms with van der Waals surface area (Å²) in [4.78, 5) is 7.14. The van der Waals surface area contributed by atoms with E-state index in [0.717, 1.165) is 0 Å². The zero-order valence-corrected chi connectivity index (χ0v) is 5.44. The van der Waals surface area contributed by atoms with Gasteiger partial charge >= 0.3 is 0 Å². The summed E-state index contributed by atoms with van der Waals surface area (Å²) in [6.45, 7) is 8.26. The maximum absolute atomic E-state index is 5.28. The van der Waals surface area contributed by atoms with Gasteiger partial charge in [0.05, 0.1) is 0 Å². The molecule has 0 aliphatic carbocycles. The van der Waals surface area contributed by atoms with Crippen LogP contribution in [-0.2, 0) is 0 Å².